The quantitative estimate of drug-likeness (QED) is 0.709. The summed E-state index contributed by atoms with van der Waals surface area (Å²) >= 11 is 3.28. The molecule has 6 heteroatoms. The van der Waals surface area contributed by atoms with Crippen molar-refractivity contribution in [2.45, 2.75) is 32.3 Å². The minimum absolute atomic E-state index is 0.137. The van der Waals surface area contributed by atoms with Gasteiger partial charge in [0.1, 0.15) is 0 Å². The summed E-state index contributed by atoms with van der Waals surface area (Å²) in [6.07, 6.45) is 3.33. The van der Waals surface area contributed by atoms with Crippen molar-refractivity contribution in [2.24, 2.45) is 0 Å². The topological polar surface area (TPSA) is 42.4 Å². The second-order valence-electron chi connectivity index (χ2n) is 5.66. The van der Waals surface area contributed by atoms with Gasteiger partial charge in [0.15, 0.2) is 5.13 Å². The van der Waals surface area contributed by atoms with Crippen molar-refractivity contribution in [3.05, 3.63) is 24.3 Å². The van der Waals surface area contributed by atoms with Gasteiger partial charge in [-0.1, -0.05) is 30.4 Å². The molecule has 0 bridgehead atoms. The Labute approximate surface area is 145 Å². The first kappa shape index (κ1) is 16.7. The normalized spacial score (nSPS) is 17.7. The Kier molecular flexibility index (Phi) is 5.91. The summed E-state index contributed by atoms with van der Waals surface area (Å²) in [5.74, 6) is 1.66. The number of nitrogens with zero attached hydrogens (tertiary/aromatic N) is 2. The smallest absolute Gasteiger partial charge is 0.238 e. The highest BCUT2D eigenvalue weighted by Crippen LogP contribution is 2.30. The van der Waals surface area contributed by atoms with Crippen LogP contribution < -0.4 is 4.90 Å². The zero-order chi connectivity index (χ0) is 16.1. The van der Waals surface area contributed by atoms with E-state index in [2.05, 4.69) is 18.0 Å². The predicted molar refractivity (Wildman–Crippen MR) is 98.6 cm³/mol. The van der Waals surface area contributed by atoms with Crippen LogP contribution in [-0.4, -0.2) is 41.7 Å². The van der Waals surface area contributed by atoms with Crippen LogP contribution in [0.3, 0.4) is 0 Å². The third-order valence-electron chi connectivity index (χ3n) is 3.80. The van der Waals surface area contributed by atoms with Crippen LogP contribution in [-0.2, 0) is 9.53 Å². The van der Waals surface area contributed by atoms with E-state index < -0.39 is 0 Å². The lowest BCUT2D eigenvalue weighted by molar-refractivity contribution is -0.116. The fourth-order valence-electron chi connectivity index (χ4n) is 2.64. The van der Waals surface area contributed by atoms with Crippen LogP contribution in [0, 0.1) is 0 Å². The van der Waals surface area contributed by atoms with Gasteiger partial charge in [0.25, 0.3) is 0 Å². The highest BCUT2D eigenvalue weighted by Gasteiger charge is 2.25. The third kappa shape index (κ3) is 4.25. The molecule has 2 aromatic rings. The van der Waals surface area contributed by atoms with Crippen LogP contribution in [0.15, 0.2) is 24.3 Å². The van der Waals surface area contributed by atoms with Crippen molar-refractivity contribution in [1.82, 2.24) is 4.98 Å². The monoisotopic (exact) mass is 350 g/mol. The molecule has 0 saturated carbocycles. The van der Waals surface area contributed by atoms with Crippen molar-refractivity contribution in [2.75, 3.05) is 29.6 Å². The Morgan fingerprint density at radius 3 is 3.09 bits per heavy atom. The number of rotatable bonds is 7. The number of thioether (sulfide) groups is 1. The summed E-state index contributed by atoms with van der Waals surface area (Å²) < 4.78 is 6.85. The molecule has 1 aromatic carbocycles. The lowest BCUT2D eigenvalue weighted by atomic mass is 10.2. The lowest BCUT2D eigenvalue weighted by Crippen LogP contribution is -2.38. The van der Waals surface area contributed by atoms with Crippen LogP contribution in [0.25, 0.3) is 10.2 Å². The van der Waals surface area contributed by atoms with Crippen molar-refractivity contribution in [1.29, 1.82) is 0 Å². The number of thiazole rings is 1. The number of ether oxygens (including phenoxy) is 1. The van der Waals surface area contributed by atoms with Gasteiger partial charge in [0.05, 0.1) is 28.6 Å². The zero-order valence-corrected chi connectivity index (χ0v) is 15.0. The van der Waals surface area contributed by atoms with Crippen molar-refractivity contribution in [3.8, 4) is 0 Å². The summed E-state index contributed by atoms with van der Waals surface area (Å²) in [5, 5.41) is 0.795. The van der Waals surface area contributed by atoms with Gasteiger partial charge in [-0.3, -0.25) is 9.69 Å². The van der Waals surface area contributed by atoms with Gasteiger partial charge >= 0.3 is 0 Å². The van der Waals surface area contributed by atoms with E-state index in [-0.39, 0.29) is 12.0 Å². The van der Waals surface area contributed by atoms with Crippen LogP contribution in [0.2, 0.25) is 0 Å². The summed E-state index contributed by atoms with van der Waals surface area (Å²) in [6, 6.07) is 8.04. The molecule has 0 N–H and O–H groups in total. The minimum atomic E-state index is 0.137. The molecule has 1 aliphatic rings. The molecule has 0 aliphatic carbocycles. The number of anilines is 1. The Balaban J connectivity index is 1.79. The van der Waals surface area contributed by atoms with Crippen LogP contribution in [0.4, 0.5) is 5.13 Å². The van der Waals surface area contributed by atoms with E-state index in [4.69, 9.17) is 4.74 Å². The van der Waals surface area contributed by atoms with E-state index in [0.29, 0.717) is 12.3 Å². The number of hydrogen-bond acceptors (Lipinski definition) is 5. The molecule has 1 saturated heterocycles. The Morgan fingerprint density at radius 2 is 2.35 bits per heavy atom. The Morgan fingerprint density at radius 1 is 1.48 bits per heavy atom. The molecule has 0 radical (unpaired) electrons. The largest absolute Gasteiger partial charge is 0.376 e. The SMILES string of the molecule is CCCSCC(=O)N(CC1CCCO1)c1nc2ccccc2s1. The molecule has 1 fully saturated rings. The van der Waals surface area contributed by atoms with E-state index in [1.165, 1.54) is 0 Å². The Hall–Kier alpha value is -1.11. The number of hydrogen-bond donors (Lipinski definition) is 0. The summed E-state index contributed by atoms with van der Waals surface area (Å²) in [6.45, 7) is 3.55. The second-order valence-corrected chi connectivity index (χ2v) is 7.77. The average molecular weight is 351 g/mol. The number of carbonyl (C=O) groups is 1. The van der Waals surface area contributed by atoms with Crippen LogP contribution in [0.5, 0.6) is 0 Å². The van der Waals surface area contributed by atoms with Crippen LogP contribution >= 0.6 is 23.1 Å². The predicted octanol–water partition coefficient (Wildman–Crippen LogP) is 3.95. The molecule has 1 atom stereocenters. The molecule has 2 heterocycles. The number of fused-ring (bicyclic) bond motifs is 1. The third-order valence-corrected chi connectivity index (χ3v) is 6.01. The molecule has 1 aliphatic heterocycles. The first-order valence-electron chi connectivity index (χ1n) is 8.13. The van der Waals surface area contributed by atoms with Gasteiger partial charge in [-0.15, -0.1) is 0 Å². The van der Waals surface area contributed by atoms with Crippen molar-refractivity contribution in [3.63, 3.8) is 0 Å². The van der Waals surface area contributed by atoms with E-state index in [9.17, 15) is 4.79 Å². The van der Waals surface area contributed by atoms with E-state index >= 15 is 0 Å². The molecule has 1 amide bonds. The molecule has 3 rings (SSSR count). The maximum atomic E-state index is 12.7. The van der Waals surface area contributed by atoms with E-state index in [1.54, 1.807) is 23.1 Å². The summed E-state index contributed by atoms with van der Waals surface area (Å²) in [7, 11) is 0. The average Bonchev–Trinajstić information content (AvgIpc) is 3.21. The first-order chi connectivity index (χ1) is 11.3. The van der Waals surface area contributed by atoms with E-state index in [0.717, 1.165) is 47.0 Å². The van der Waals surface area contributed by atoms with Gasteiger partial charge in [0, 0.05) is 6.61 Å². The molecule has 1 aromatic heterocycles. The summed E-state index contributed by atoms with van der Waals surface area (Å²) in [5.41, 5.74) is 0.957. The molecular formula is C17H22N2O2S2. The molecule has 1 unspecified atom stereocenters. The number of aromatic nitrogens is 1. The molecule has 124 valence electrons. The molecule has 23 heavy (non-hydrogen) atoms. The van der Waals surface area contributed by atoms with Gasteiger partial charge in [-0.05, 0) is 37.1 Å². The fourth-order valence-corrected chi connectivity index (χ4v) is 4.39. The minimum Gasteiger partial charge on any atom is -0.376 e. The zero-order valence-electron chi connectivity index (χ0n) is 13.4. The fraction of sp³-hybridized carbons (Fsp3) is 0.529. The van der Waals surface area contributed by atoms with Crippen molar-refractivity contribution < 1.29 is 9.53 Å². The number of amides is 1. The molecular weight excluding hydrogens is 328 g/mol. The lowest BCUT2D eigenvalue weighted by Gasteiger charge is -2.22. The first-order valence-corrected chi connectivity index (χ1v) is 10.1. The van der Waals surface area contributed by atoms with Crippen LogP contribution in [0.1, 0.15) is 26.2 Å². The highest BCUT2D eigenvalue weighted by atomic mass is 32.2. The van der Waals surface area contributed by atoms with E-state index in [1.807, 2.05) is 23.1 Å². The van der Waals surface area contributed by atoms with Crippen molar-refractivity contribution >= 4 is 44.4 Å². The second kappa shape index (κ2) is 8.13. The number of para-hydroxylation sites is 1. The van der Waals surface area contributed by atoms with Gasteiger partial charge in [0.2, 0.25) is 5.91 Å². The van der Waals surface area contributed by atoms with Gasteiger partial charge < -0.3 is 4.74 Å². The Bertz CT molecular complexity index is 620. The number of carbonyl (C=O) groups excluding carboxylic acids is 1. The summed E-state index contributed by atoms with van der Waals surface area (Å²) in [4.78, 5) is 19.2. The maximum absolute atomic E-state index is 12.7. The molecule has 4 nitrogen and oxygen atoms in total. The maximum Gasteiger partial charge on any atom is 0.238 e. The number of benzene rings is 1. The standard InChI is InChI=1S/C17H22N2O2S2/c1-2-10-22-12-16(20)19(11-13-6-5-9-21-13)17-18-14-7-3-4-8-15(14)23-17/h3-4,7-8,13H,2,5-6,9-12H2,1H3. The van der Waals surface area contributed by atoms with Gasteiger partial charge in [-0.2, -0.15) is 11.8 Å². The highest BCUT2D eigenvalue weighted by molar-refractivity contribution is 7.99. The molecule has 0 spiro atoms. The van der Waals surface area contributed by atoms with Gasteiger partial charge in [-0.25, -0.2) is 4.98 Å².